The molecule has 9 nitrogen and oxygen atoms in total. The fourth-order valence-corrected chi connectivity index (χ4v) is 3.97. The number of carbonyl (C=O) groups is 1. The van der Waals surface area contributed by atoms with Crippen LogP contribution in [0, 0.1) is 0 Å². The first kappa shape index (κ1) is 19.0. The van der Waals surface area contributed by atoms with Crippen molar-refractivity contribution < 1.29 is 4.79 Å². The number of hydrogen-bond acceptors (Lipinski definition) is 5. The standard InChI is InChI=1S/C22H19ClN8O/c23-17-3-4-29-13-26-19(20(29)5-17)8-24-21(32)16-7-27-31(10-16)12-18-11-30-9-15(14-1-2-14)6-25-22(30)28-18/h3-7,9-11,13-14H,1-2,8,12H2,(H,24,32). The number of nitrogens with one attached hydrogen (secondary N) is 1. The van der Waals surface area contributed by atoms with Crippen molar-refractivity contribution in [2.24, 2.45) is 0 Å². The van der Waals surface area contributed by atoms with E-state index in [0.717, 1.165) is 16.9 Å². The van der Waals surface area contributed by atoms with Crippen LogP contribution >= 0.6 is 11.6 Å². The minimum absolute atomic E-state index is 0.217. The van der Waals surface area contributed by atoms with Crippen molar-refractivity contribution in [3.05, 3.63) is 83.2 Å². The molecule has 1 amide bonds. The van der Waals surface area contributed by atoms with Gasteiger partial charge >= 0.3 is 0 Å². The van der Waals surface area contributed by atoms with E-state index in [0.29, 0.717) is 35.4 Å². The van der Waals surface area contributed by atoms with E-state index in [9.17, 15) is 4.79 Å². The maximum Gasteiger partial charge on any atom is 0.254 e. The lowest BCUT2D eigenvalue weighted by Crippen LogP contribution is -2.22. The van der Waals surface area contributed by atoms with E-state index in [1.165, 1.54) is 18.4 Å². The zero-order valence-electron chi connectivity index (χ0n) is 17.0. The Morgan fingerprint density at radius 3 is 2.94 bits per heavy atom. The Bertz CT molecular complexity index is 1460. The van der Waals surface area contributed by atoms with Gasteiger partial charge in [-0.25, -0.2) is 15.0 Å². The molecule has 0 aliphatic heterocycles. The maximum atomic E-state index is 12.6. The topological polar surface area (TPSA) is 94.4 Å². The number of aromatic nitrogens is 7. The molecule has 5 heterocycles. The van der Waals surface area contributed by atoms with Crippen molar-refractivity contribution in [2.45, 2.75) is 31.8 Å². The maximum absolute atomic E-state index is 12.6. The van der Waals surface area contributed by atoms with Gasteiger partial charge in [0.1, 0.15) is 0 Å². The number of carbonyl (C=O) groups excluding carboxylic acids is 1. The summed E-state index contributed by atoms with van der Waals surface area (Å²) >= 11 is 6.08. The fourth-order valence-electron chi connectivity index (χ4n) is 3.81. The summed E-state index contributed by atoms with van der Waals surface area (Å²) in [4.78, 5) is 26.0. The highest BCUT2D eigenvalue weighted by Crippen LogP contribution is 2.39. The van der Waals surface area contributed by atoms with Gasteiger partial charge in [-0.1, -0.05) is 11.6 Å². The highest BCUT2D eigenvalue weighted by atomic mass is 35.5. The van der Waals surface area contributed by atoms with Gasteiger partial charge in [-0.3, -0.25) is 13.9 Å². The van der Waals surface area contributed by atoms with Crippen molar-refractivity contribution in [1.82, 2.24) is 38.9 Å². The molecular weight excluding hydrogens is 428 g/mol. The zero-order chi connectivity index (χ0) is 21.7. The smallest absolute Gasteiger partial charge is 0.254 e. The van der Waals surface area contributed by atoms with Crippen LogP contribution in [0.4, 0.5) is 0 Å². The summed E-state index contributed by atoms with van der Waals surface area (Å²) in [6.07, 6.45) is 15.2. The highest BCUT2D eigenvalue weighted by Gasteiger charge is 2.24. The van der Waals surface area contributed by atoms with E-state index < -0.39 is 0 Å². The molecule has 5 aromatic rings. The molecule has 0 spiro atoms. The quantitative estimate of drug-likeness (QED) is 0.432. The van der Waals surface area contributed by atoms with Crippen molar-refractivity contribution in [3.63, 3.8) is 0 Å². The molecule has 10 heteroatoms. The molecule has 1 aliphatic rings. The second kappa shape index (κ2) is 7.45. The number of amides is 1. The molecule has 1 saturated carbocycles. The van der Waals surface area contributed by atoms with Crippen LogP contribution in [0.25, 0.3) is 11.3 Å². The summed E-state index contributed by atoms with van der Waals surface area (Å²) in [6, 6.07) is 3.61. The molecule has 32 heavy (non-hydrogen) atoms. The SMILES string of the molecule is O=C(NCc1ncn2ccc(Cl)cc12)c1cnn(Cc2cn3cc(C4CC4)cnc3n2)c1. The first-order chi connectivity index (χ1) is 15.6. The Morgan fingerprint density at radius 1 is 1.16 bits per heavy atom. The number of rotatable bonds is 6. The Hall–Kier alpha value is -3.72. The molecule has 0 bridgehead atoms. The van der Waals surface area contributed by atoms with Gasteiger partial charge in [0.2, 0.25) is 5.78 Å². The lowest BCUT2D eigenvalue weighted by atomic mass is 10.2. The van der Waals surface area contributed by atoms with Crippen LogP contribution in [-0.2, 0) is 13.1 Å². The van der Waals surface area contributed by atoms with Gasteiger partial charge in [0.25, 0.3) is 5.91 Å². The van der Waals surface area contributed by atoms with Crippen molar-refractivity contribution in [1.29, 1.82) is 0 Å². The van der Waals surface area contributed by atoms with Crippen LogP contribution in [0.15, 0.2) is 55.6 Å². The number of hydrogen-bond donors (Lipinski definition) is 1. The van der Waals surface area contributed by atoms with E-state index in [2.05, 4.69) is 31.6 Å². The largest absolute Gasteiger partial charge is 0.346 e. The summed E-state index contributed by atoms with van der Waals surface area (Å²) in [7, 11) is 0. The van der Waals surface area contributed by atoms with E-state index in [-0.39, 0.29) is 5.91 Å². The molecule has 0 atom stereocenters. The third-order valence-electron chi connectivity index (χ3n) is 5.65. The molecule has 0 saturated heterocycles. The van der Waals surface area contributed by atoms with E-state index in [1.54, 1.807) is 29.5 Å². The van der Waals surface area contributed by atoms with Crippen LogP contribution in [0.1, 0.15) is 46.1 Å². The van der Waals surface area contributed by atoms with E-state index in [4.69, 9.17) is 11.6 Å². The lowest BCUT2D eigenvalue weighted by molar-refractivity contribution is 0.0950. The molecule has 160 valence electrons. The summed E-state index contributed by atoms with van der Waals surface area (Å²) < 4.78 is 5.52. The van der Waals surface area contributed by atoms with Crippen LogP contribution in [0.3, 0.4) is 0 Å². The second-order valence-electron chi connectivity index (χ2n) is 8.04. The third kappa shape index (κ3) is 3.60. The minimum atomic E-state index is -0.217. The number of halogens is 1. The van der Waals surface area contributed by atoms with Gasteiger partial charge in [-0.05, 0) is 36.5 Å². The van der Waals surface area contributed by atoms with Gasteiger partial charge < -0.3 is 9.72 Å². The van der Waals surface area contributed by atoms with Crippen LogP contribution < -0.4 is 5.32 Å². The van der Waals surface area contributed by atoms with E-state index >= 15 is 0 Å². The molecule has 1 fully saturated rings. The Morgan fingerprint density at radius 2 is 2.06 bits per heavy atom. The van der Waals surface area contributed by atoms with Gasteiger partial charge in [-0.15, -0.1) is 0 Å². The molecular formula is C22H19ClN8O. The first-order valence-electron chi connectivity index (χ1n) is 10.4. The molecule has 0 aromatic carbocycles. The Balaban J connectivity index is 1.13. The van der Waals surface area contributed by atoms with Gasteiger partial charge in [0.05, 0.1) is 48.1 Å². The Kier molecular flexibility index (Phi) is 4.43. The van der Waals surface area contributed by atoms with Crippen molar-refractivity contribution in [3.8, 4) is 0 Å². The predicted molar refractivity (Wildman–Crippen MR) is 118 cm³/mol. The number of pyridine rings is 1. The van der Waals surface area contributed by atoms with Gasteiger partial charge in [0, 0.05) is 36.0 Å². The zero-order valence-corrected chi connectivity index (χ0v) is 17.8. The average molecular weight is 447 g/mol. The van der Waals surface area contributed by atoms with Crippen molar-refractivity contribution in [2.75, 3.05) is 0 Å². The summed E-state index contributed by atoms with van der Waals surface area (Å²) in [5.41, 5.74) is 4.17. The molecule has 5 aromatic heterocycles. The second-order valence-corrected chi connectivity index (χ2v) is 8.48. The van der Waals surface area contributed by atoms with Crippen LogP contribution in [0.2, 0.25) is 5.02 Å². The molecule has 0 unspecified atom stereocenters. The normalized spacial score (nSPS) is 13.8. The molecule has 1 N–H and O–H groups in total. The Labute approximate surface area is 187 Å². The fraction of sp³-hybridized carbons (Fsp3) is 0.227. The average Bonchev–Trinajstić information content (AvgIpc) is 3.21. The lowest BCUT2D eigenvalue weighted by Gasteiger charge is -2.02. The first-order valence-corrected chi connectivity index (χ1v) is 10.8. The number of imidazole rings is 2. The number of nitrogens with zero attached hydrogens (tertiary/aromatic N) is 7. The molecule has 1 aliphatic carbocycles. The minimum Gasteiger partial charge on any atom is -0.346 e. The predicted octanol–water partition coefficient (Wildman–Crippen LogP) is 3.08. The highest BCUT2D eigenvalue weighted by molar-refractivity contribution is 6.30. The molecule has 0 radical (unpaired) electrons. The van der Waals surface area contributed by atoms with Crippen LogP contribution in [-0.4, -0.2) is 39.4 Å². The summed E-state index contributed by atoms with van der Waals surface area (Å²) in [6.45, 7) is 0.752. The number of fused-ring (bicyclic) bond motifs is 2. The van der Waals surface area contributed by atoms with Gasteiger partial charge in [-0.2, -0.15) is 5.10 Å². The van der Waals surface area contributed by atoms with Crippen LogP contribution in [0.5, 0.6) is 0 Å². The third-order valence-corrected chi connectivity index (χ3v) is 5.88. The van der Waals surface area contributed by atoms with E-state index in [1.807, 2.05) is 33.5 Å². The summed E-state index contributed by atoms with van der Waals surface area (Å²) in [5.74, 6) is 1.09. The summed E-state index contributed by atoms with van der Waals surface area (Å²) in [5, 5.41) is 7.83. The monoisotopic (exact) mass is 446 g/mol. The van der Waals surface area contributed by atoms with Gasteiger partial charge in [0.15, 0.2) is 0 Å². The van der Waals surface area contributed by atoms with Crippen molar-refractivity contribution >= 4 is 28.8 Å². The molecule has 6 rings (SSSR count).